The molecule has 1 aromatic rings. The van der Waals surface area contributed by atoms with Crippen molar-refractivity contribution in [1.82, 2.24) is 4.72 Å². The Morgan fingerprint density at radius 1 is 1.21 bits per heavy atom. The number of unbranched alkanes of at least 4 members (excludes halogenated alkanes) is 2. The van der Waals surface area contributed by atoms with E-state index in [1.54, 1.807) is 6.07 Å². The zero-order valence-corrected chi connectivity index (χ0v) is 11.1. The van der Waals surface area contributed by atoms with Gasteiger partial charge in [0.05, 0.1) is 12.2 Å². The number of hydrogen-bond donors (Lipinski definition) is 2. The van der Waals surface area contributed by atoms with Crippen LogP contribution in [0.25, 0.3) is 0 Å². The van der Waals surface area contributed by atoms with Gasteiger partial charge in [0.15, 0.2) is 0 Å². The van der Waals surface area contributed by atoms with E-state index in [4.69, 9.17) is 9.84 Å². The van der Waals surface area contributed by atoms with Gasteiger partial charge in [-0.05, 0) is 31.4 Å². The van der Waals surface area contributed by atoms with Gasteiger partial charge in [0, 0.05) is 12.7 Å². The lowest BCUT2D eigenvalue weighted by molar-refractivity contribution is 0.0985. The Bertz CT molecular complexity index is 582. The number of amides is 1. The van der Waals surface area contributed by atoms with Crippen molar-refractivity contribution in [2.24, 2.45) is 0 Å². The molecule has 6 nitrogen and oxygen atoms in total. The summed E-state index contributed by atoms with van der Waals surface area (Å²) >= 11 is 0. The molecule has 1 amide bonds. The number of sulfonamides is 1. The van der Waals surface area contributed by atoms with Crippen LogP contribution in [0.3, 0.4) is 0 Å². The minimum Gasteiger partial charge on any atom is -0.494 e. The van der Waals surface area contributed by atoms with Crippen molar-refractivity contribution in [3.05, 3.63) is 23.8 Å². The van der Waals surface area contributed by atoms with Crippen LogP contribution in [0.5, 0.6) is 5.75 Å². The van der Waals surface area contributed by atoms with E-state index in [0.717, 1.165) is 19.3 Å². The number of nitrogens with one attached hydrogen (secondary N) is 1. The van der Waals surface area contributed by atoms with Crippen LogP contribution in [0.2, 0.25) is 0 Å². The van der Waals surface area contributed by atoms with Gasteiger partial charge < -0.3 is 9.84 Å². The average molecular weight is 285 g/mol. The third-order valence-corrected chi connectivity index (χ3v) is 4.16. The van der Waals surface area contributed by atoms with Crippen LogP contribution < -0.4 is 9.46 Å². The largest absolute Gasteiger partial charge is 0.494 e. The van der Waals surface area contributed by atoms with Gasteiger partial charge in [-0.1, -0.05) is 0 Å². The van der Waals surface area contributed by atoms with Crippen LogP contribution in [0.15, 0.2) is 23.1 Å². The third kappa shape index (κ3) is 3.05. The molecule has 104 valence electrons. The van der Waals surface area contributed by atoms with Gasteiger partial charge in [0.1, 0.15) is 10.6 Å². The number of carbonyl (C=O) groups is 1. The molecule has 0 bridgehead atoms. The van der Waals surface area contributed by atoms with Crippen LogP contribution >= 0.6 is 0 Å². The minimum absolute atomic E-state index is 0.0367. The van der Waals surface area contributed by atoms with Gasteiger partial charge in [-0.15, -0.1) is 0 Å². The molecule has 2 N–H and O–H groups in total. The fraction of sp³-hybridized carbons (Fsp3) is 0.417. The summed E-state index contributed by atoms with van der Waals surface area (Å²) < 4.78 is 30.6. The molecule has 19 heavy (non-hydrogen) atoms. The van der Waals surface area contributed by atoms with E-state index < -0.39 is 15.9 Å². The summed E-state index contributed by atoms with van der Waals surface area (Å²) in [4.78, 5) is 11.3. The molecule has 1 heterocycles. The highest BCUT2D eigenvalue weighted by atomic mass is 32.2. The fourth-order valence-corrected chi connectivity index (χ4v) is 3.00. The first-order chi connectivity index (χ1) is 9.04. The standard InChI is InChI=1S/C12H15NO5S/c14-6-2-1-3-7-18-9-4-5-10-11(8-9)19(16,17)13-12(10)15/h4-5,8,14H,1-3,6-7H2,(H,13,15). The Hall–Kier alpha value is -1.60. The molecule has 0 saturated heterocycles. The predicted molar refractivity (Wildman–Crippen MR) is 67.5 cm³/mol. The van der Waals surface area contributed by atoms with E-state index in [1.165, 1.54) is 12.1 Å². The zero-order valence-electron chi connectivity index (χ0n) is 10.3. The molecular weight excluding hydrogens is 270 g/mol. The topological polar surface area (TPSA) is 92.7 Å². The summed E-state index contributed by atoms with van der Waals surface area (Å²) in [5.74, 6) is -0.188. The summed E-state index contributed by atoms with van der Waals surface area (Å²) in [7, 11) is -3.73. The molecule has 0 unspecified atom stereocenters. The van der Waals surface area contributed by atoms with Crippen LogP contribution in [-0.4, -0.2) is 32.6 Å². The number of rotatable bonds is 6. The first-order valence-corrected chi connectivity index (χ1v) is 7.48. The second-order valence-corrected chi connectivity index (χ2v) is 5.88. The molecule has 1 aliphatic heterocycles. The molecule has 0 atom stereocenters. The Morgan fingerprint density at radius 3 is 2.74 bits per heavy atom. The SMILES string of the molecule is O=C1NS(=O)(=O)c2cc(OCCCCCO)ccc21. The number of aliphatic hydroxyl groups excluding tert-OH is 1. The Balaban J connectivity index is 2.04. The maximum Gasteiger partial charge on any atom is 0.266 e. The highest BCUT2D eigenvalue weighted by molar-refractivity contribution is 7.90. The van der Waals surface area contributed by atoms with Gasteiger partial charge in [-0.2, -0.15) is 0 Å². The van der Waals surface area contributed by atoms with Gasteiger partial charge in [0.25, 0.3) is 15.9 Å². The smallest absolute Gasteiger partial charge is 0.266 e. The van der Waals surface area contributed by atoms with E-state index in [2.05, 4.69) is 0 Å². The third-order valence-electron chi connectivity index (χ3n) is 2.79. The lowest BCUT2D eigenvalue weighted by Gasteiger charge is -2.06. The Morgan fingerprint density at radius 2 is 2.00 bits per heavy atom. The van der Waals surface area contributed by atoms with Crippen molar-refractivity contribution in [2.45, 2.75) is 24.2 Å². The fourth-order valence-electron chi connectivity index (χ4n) is 1.82. The summed E-state index contributed by atoms with van der Waals surface area (Å²) in [5.41, 5.74) is 0.146. The van der Waals surface area contributed by atoms with Crippen LogP contribution in [-0.2, 0) is 10.0 Å². The van der Waals surface area contributed by atoms with Crippen LogP contribution in [0.1, 0.15) is 29.6 Å². The molecule has 0 saturated carbocycles. The van der Waals surface area contributed by atoms with E-state index >= 15 is 0 Å². The number of carbonyl (C=O) groups excluding carboxylic acids is 1. The van der Waals surface area contributed by atoms with Crippen LogP contribution in [0, 0.1) is 0 Å². The lowest BCUT2D eigenvalue weighted by Crippen LogP contribution is -2.20. The molecule has 0 radical (unpaired) electrons. The average Bonchev–Trinajstić information content (AvgIpc) is 2.59. The van der Waals surface area contributed by atoms with E-state index in [-0.39, 0.29) is 17.1 Å². The van der Waals surface area contributed by atoms with E-state index in [1.807, 2.05) is 4.72 Å². The molecule has 0 spiro atoms. The summed E-state index contributed by atoms with van der Waals surface area (Å²) in [6, 6.07) is 4.37. The maximum atomic E-state index is 11.6. The number of benzene rings is 1. The van der Waals surface area contributed by atoms with Gasteiger partial charge in [0.2, 0.25) is 0 Å². The Kier molecular flexibility index (Phi) is 4.06. The minimum atomic E-state index is -3.73. The maximum absolute atomic E-state index is 11.6. The van der Waals surface area contributed by atoms with Gasteiger partial charge in [-0.25, -0.2) is 13.1 Å². The highest BCUT2D eigenvalue weighted by Gasteiger charge is 2.32. The van der Waals surface area contributed by atoms with E-state index in [0.29, 0.717) is 12.4 Å². The summed E-state index contributed by atoms with van der Waals surface area (Å²) in [6.07, 6.45) is 2.35. The van der Waals surface area contributed by atoms with Crippen molar-refractivity contribution in [1.29, 1.82) is 0 Å². The van der Waals surface area contributed by atoms with E-state index in [9.17, 15) is 13.2 Å². The van der Waals surface area contributed by atoms with Crippen molar-refractivity contribution < 1.29 is 23.1 Å². The van der Waals surface area contributed by atoms with Crippen molar-refractivity contribution in [3.8, 4) is 5.75 Å². The highest BCUT2D eigenvalue weighted by Crippen LogP contribution is 2.26. The molecule has 0 aromatic heterocycles. The predicted octanol–water partition coefficient (Wildman–Crippen LogP) is 0.660. The van der Waals surface area contributed by atoms with Gasteiger partial charge in [-0.3, -0.25) is 4.79 Å². The molecule has 0 fully saturated rings. The summed E-state index contributed by atoms with van der Waals surface area (Å²) in [6.45, 7) is 0.602. The second-order valence-electron chi connectivity index (χ2n) is 4.23. The van der Waals surface area contributed by atoms with Crippen molar-refractivity contribution in [2.75, 3.05) is 13.2 Å². The number of hydrogen-bond acceptors (Lipinski definition) is 5. The molecule has 2 rings (SSSR count). The molecule has 7 heteroatoms. The molecule has 1 aliphatic rings. The Labute approximate surface area is 111 Å². The number of fused-ring (bicyclic) bond motifs is 1. The second kappa shape index (κ2) is 5.58. The molecular formula is C12H15NO5S. The lowest BCUT2D eigenvalue weighted by atomic mass is 10.2. The van der Waals surface area contributed by atoms with Gasteiger partial charge >= 0.3 is 0 Å². The van der Waals surface area contributed by atoms with Crippen molar-refractivity contribution >= 4 is 15.9 Å². The normalized spacial score (nSPS) is 15.9. The quantitative estimate of drug-likeness (QED) is 0.749. The first-order valence-electron chi connectivity index (χ1n) is 5.99. The number of aliphatic hydroxyl groups is 1. The first kappa shape index (κ1) is 13.8. The molecule has 0 aliphatic carbocycles. The monoisotopic (exact) mass is 285 g/mol. The summed E-state index contributed by atoms with van der Waals surface area (Å²) in [5, 5.41) is 8.62. The zero-order chi connectivity index (χ0) is 13.9. The number of ether oxygens (including phenoxy) is 1. The van der Waals surface area contributed by atoms with Crippen molar-refractivity contribution in [3.63, 3.8) is 0 Å². The van der Waals surface area contributed by atoms with Crippen LogP contribution in [0.4, 0.5) is 0 Å². The molecule has 1 aromatic carbocycles.